The first-order valence-electron chi connectivity index (χ1n) is 10.9. The molecule has 2 heterocycles. The monoisotopic (exact) mass is 442 g/mol. The van der Waals surface area contributed by atoms with Crippen molar-refractivity contribution in [3.8, 4) is 28.1 Å². The number of hydrogen-bond donors (Lipinski definition) is 2. The highest BCUT2D eigenvalue weighted by molar-refractivity contribution is 5.90. The van der Waals surface area contributed by atoms with E-state index in [2.05, 4.69) is 27.8 Å². The van der Waals surface area contributed by atoms with Crippen molar-refractivity contribution < 1.29 is 14.3 Å². The van der Waals surface area contributed by atoms with Crippen LogP contribution in [0.1, 0.15) is 34.7 Å². The Morgan fingerprint density at radius 3 is 2.33 bits per heavy atom. The first-order valence-corrected chi connectivity index (χ1v) is 10.9. The maximum Gasteiger partial charge on any atom is 0.335 e. The van der Waals surface area contributed by atoms with Gasteiger partial charge in [0.25, 0.3) is 0 Å². The standard InChI is InChI=1S/C26H23FN4O2/c27-23-7-5-20(6-8-23)25-16-31(30-29-25)24-14-21(13-22(15-24)26(32)33)18-3-1-17(2-4-18)19-9-11-28-12-10-19/h1-8,13-16,19,28H,9-12H2,(H,32,33). The van der Waals surface area contributed by atoms with E-state index in [1.807, 2.05) is 18.2 Å². The highest BCUT2D eigenvalue weighted by Gasteiger charge is 2.16. The lowest BCUT2D eigenvalue weighted by atomic mass is 9.89. The molecule has 1 aliphatic heterocycles. The van der Waals surface area contributed by atoms with Crippen molar-refractivity contribution in [2.45, 2.75) is 18.8 Å². The molecule has 1 fully saturated rings. The molecule has 5 rings (SSSR count). The average Bonchev–Trinajstić information content (AvgIpc) is 3.35. The maximum absolute atomic E-state index is 13.2. The molecule has 1 aliphatic rings. The Balaban J connectivity index is 1.48. The van der Waals surface area contributed by atoms with Gasteiger partial charge in [0.2, 0.25) is 0 Å². The predicted octanol–water partition coefficient (Wildman–Crippen LogP) is 4.91. The van der Waals surface area contributed by atoms with E-state index in [9.17, 15) is 14.3 Å². The van der Waals surface area contributed by atoms with Crippen molar-refractivity contribution >= 4 is 5.97 Å². The molecule has 4 aromatic rings. The fourth-order valence-electron chi connectivity index (χ4n) is 4.28. The van der Waals surface area contributed by atoms with Crippen LogP contribution in [0.2, 0.25) is 0 Å². The number of halogens is 1. The van der Waals surface area contributed by atoms with Gasteiger partial charge in [-0.15, -0.1) is 5.10 Å². The van der Waals surface area contributed by atoms with Crippen LogP contribution in [0.5, 0.6) is 0 Å². The molecule has 1 aromatic heterocycles. The second-order valence-corrected chi connectivity index (χ2v) is 8.28. The van der Waals surface area contributed by atoms with E-state index in [1.165, 1.54) is 22.4 Å². The Morgan fingerprint density at radius 1 is 0.939 bits per heavy atom. The predicted molar refractivity (Wildman–Crippen MR) is 124 cm³/mol. The largest absolute Gasteiger partial charge is 0.478 e. The molecule has 0 bridgehead atoms. The van der Waals surface area contributed by atoms with Crippen molar-refractivity contribution in [1.82, 2.24) is 20.3 Å². The third-order valence-corrected chi connectivity index (χ3v) is 6.12. The molecule has 0 spiro atoms. The lowest BCUT2D eigenvalue weighted by molar-refractivity contribution is 0.0697. The summed E-state index contributed by atoms with van der Waals surface area (Å²) in [5, 5.41) is 21.4. The lowest BCUT2D eigenvalue weighted by Crippen LogP contribution is -2.26. The van der Waals surface area contributed by atoms with E-state index in [0.29, 0.717) is 17.3 Å². The molecular weight excluding hydrogens is 419 g/mol. The molecule has 1 saturated heterocycles. The molecule has 7 heteroatoms. The second kappa shape index (κ2) is 8.96. The molecule has 33 heavy (non-hydrogen) atoms. The third kappa shape index (κ3) is 4.54. The van der Waals surface area contributed by atoms with Crippen molar-refractivity contribution in [2.24, 2.45) is 0 Å². The normalized spacial score (nSPS) is 14.3. The van der Waals surface area contributed by atoms with Crippen LogP contribution in [0.25, 0.3) is 28.1 Å². The number of benzene rings is 3. The Hall–Kier alpha value is -3.84. The van der Waals surface area contributed by atoms with Gasteiger partial charge in [-0.2, -0.15) is 0 Å². The first-order chi connectivity index (χ1) is 16.1. The fourth-order valence-corrected chi connectivity index (χ4v) is 4.28. The number of rotatable bonds is 5. The van der Waals surface area contributed by atoms with Gasteiger partial charge >= 0.3 is 5.97 Å². The summed E-state index contributed by atoms with van der Waals surface area (Å²) in [4.78, 5) is 11.8. The van der Waals surface area contributed by atoms with Gasteiger partial charge in [-0.3, -0.25) is 0 Å². The van der Waals surface area contributed by atoms with Crippen LogP contribution >= 0.6 is 0 Å². The first kappa shape index (κ1) is 21.0. The van der Waals surface area contributed by atoms with E-state index in [-0.39, 0.29) is 11.4 Å². The summed E-state index contributed by atoms with van der Waals surface area (Å²) in [6.07, 6.45) is 3.96. The van der Waals surface area contributed by atoms with Gasteiger partial charge in [0.1, 0.15) is 11.5 Å². The summed E-state index contributed by atoms with van der Waals surface area (Å²) < 4.78 is 14.8. The minimum Gasteiger partial charge on any atom is -0.478 e. The van der Waals surface area contributed by atoms with Gasteiger partial charge in [-0.1, -0.05) is 29.5 Å². The molecule has 0 aliphatic carbocycles. The molecule has 0 radical (unpaired) electrons. The summed E-state index contributed by atoms with van der Waals surface area (Å²) >= 11 is 0. The molecule has 0 saturated carbocycles. The number of aromatic nitrogens is 3. The summed E-state index contributed by atoms with van der Waals surface area (Å²) in [6.45, 7) is 2.07. The zero-order valence-corrected chi connectivity index (χ0v) is 17.9. The van der Waals surface area contributed by atoms with Crippen LogP contribution in [0.15, 0.2) is 72.9 Å². The van der Waals surface area contributed by atoms with E-state index >= 15 is 0 Å². The number of carbonyl (C=O) groups is 1. The van der Waals surface area contributed by atoms with Crippen molar-refractivity contribution in [3.63, 3.8) is 0 Å². The van der Waals surface area contributed by atoms with Crippen LogP contribution in [-0.2, 0) is 0 Å². The highest BCUT2D eigenvalue weighted by atomic mass is 19.1. The van der Waals surface area contributed by atoms with Gasteiger partial charge in [0.05, 0.1) is 17.4 Å². The number of carboxylic acid groups (broad SMARTS) is 1. The molecule has 2 N–H and O–H groups in total. The molecule has 0 unspecified atom stereocenters. The zero-order chi connectivity index (χ0) is 22.8. The van der Waals surface area contributed by atoms with Crippen LogP contribution in [0.4, 0.5) is 4.39 Å². The summed E-state index contributed by atoms with van der Waals surface area (Å²) in [6, 6.07) is 19.5. The Kier molecular flexibility index (Phi) is 5.71. The topological polar surface area (TPSA) is 80.0 Å². The minimum atomic E-state index is -1.01. The highest BCUT2D eigenvalue weighted by Crippen LogP contribution is 2.30. The van der Waals surface area contributed by atoms with E-state index < -0.39 is 5.97 Å². The average molecular weight is 442 g/mol. The quantitative estimate of drug-likeness (QED) is 0.459. The SMILES string of the molecule is O=C(O)c1cc(-c2ccc(C3CCNCC3)cc2)cc(-n2cc(-c3ccc(F)cc3)nn2)c1. The van der Waals surface area contributed by atoms with Crippen LogP contribution < -0.4 is 5.32 Å². The van der Waals surface area contributed by atoms with Gasteiger partial charge in [-0.05, 0) is 91.0 Å². The van der Waals surface area contributed by atoms with Crippen molar-refractivity contribution in [1.29, 1.82) is 0 Å². The molecule has 6 nitrogen and oxygen atoms in total. The summed E-state index contributed by atoms with van der Waals surface area (Å²) in [5.41, 5.74) is 5.11. The zero-order valence-electron chi connectivity index (χ0n) is 17.9. The smallest absolute Gasteiger partial charge is 0.335 e. The van der Waals surface area contributed by atoms with E-state index in [1.54, 1.807) is 30.5 Å². The summed E-state index contributed by atoms with van der Waals surface area (Å²) in [5.74, 6) is -0.777. The van der Waals surface area contributed by atoms with Gasteiger partial charge in [0, 0.05) is 5.56 Å². The second-order valence-electron chi connectivity index (χ2n) is 8.28. The molecule has 3 aromatic carbocycles. The van der Waals surface area contributed by atoms with Crippen LogP contribution in [0, 0.1) is 5.82 Å². The Bertz CT molecular complexity index is 1280. The number of nitrogens with zero attached hydrogens (tertiary/aromatic N) is 3. The number of carboxylic acids is 1. The van der Waals surface area contributed by atoms with Crippen molar-refractivity contribution in [3.05, 3.63) is 89.9 Å². The maximum atomic E-state index is 13.2. The van der Waals surface area contributed by atoms with E-state index in [4.69, 9.17) is 0 Å². The number of nitrogens with one attached hydrogen (secondary N) is 1. The minimum absolute atomic E-state index is 0.170. The molecule has 0 atom stereocenters. The number of aromatic carboxylic acids is 1. The Morgan fingerprint density at radius 2 is 1.64 bits per heavy atom. The molecule has 166 valence electrons. The third-order valence-electron chi connectivity index (χ3n) is 6.12. The lowest BCUT2D eigenvalue weighted by Gasteiger charge is -2.23. The number of hydrogen-bond acceptors (Lipinski definition) is 4. The molecular formula is C26H23FN4O2. The van der Waals surface area contributed by atoms with Crippen LogP contribution in [0.3, 0.4) is 0 Å². The van der Waals surface area contributed by atoms with E-state index in [0.717, 1.165) is 42.6 Å². The fraction of sp³-hybridized carbons (Fsp3) is 0.192. The van der Waals surface area contributed by atoms with Gasteiger partial charge in [-0.25, -0.2) is 13.9 Å². The van der Waals surface area contributed by atoms with Crippen LogP contribution in [-0.4, -0.2) is 39.2 Å². The van der Waals surface area contributed by atoms with Crippen molar-refractivity contribution in [2.75, 3.05) is 13.1 Å². The van der Waals surface area contributed by atoms with Gasteiger partial charge < -0.3 is 10.4 Å². The van der Waals surface area contributed by atoms with Gasteiger partial charge in [0.15, 0.2) is 0 Å². The number of piperidine rings is 1. The molecule has 0 amide bonds. The summed E-state index contributed by atoms with van der Waals surface area (Å²) in [7, 11) is 0. The Labute approximate surface area is 190 Å².